The van der Waals surface area contributed by atoms with Crippen molar-refractivity contribution < 1.29 is 18.3 Å². The van der Waals surface area contributed by atoms with Gasteiger partial charge in [-0.1, -0.05) is 24.3 Å². The molecule has 0 aliphatic carbocycles. The average Bonchev–Trinajstić information content (AvgIpc) is 3.10. The normalized spacial score (nSPS) is 13.7. The highest BCUT2D eigenvalue weighted by Gasteiger charge is 2.57. The lowest BCUT2D eigenvalue weighted by Gasteiger charge is -2.31. The molecule has 4 aromatic rings. The molecule has 1 atom stereocenters. The van der Waals surface area contributed by atoms with Gasteiger partial charge in [-0.05, 0) is 35.9 Å². The summed E-state index contributed by atoms with van der Waals surface area (Å²) in [6, 6.07) is 13.8. The maximum absolute atomic E-state index is 14.4. The van der Waals surface area contributed by atoms with Crippen molar-refractivity contribution in [2.45, 2.75) is 11.8 Å². The maximum Gasteiger partial charge on any atom is 0.425 e. The molecule has 0 radical (unpaired) electrons. The number of halogens is 3. The molecule has 31 heavy (non-hydrogen) atoms. The molecule has 0 aliphatic heterocycles. The molecular formula is C23H19F3N4O. The van der Waals surface area contributed by atoms with Crippen LogP contribution < -0.4 is 5.32 Å². The molecule has 2 aromatic heterocycles. The van der Waals surface area contributed by atoms with Gasteiger partial charge in [0.1, 0.15) is 0 Å². The number of nitrogens with one attached hydrogen (secondary N) is 2. The van der Waals surface area contributed by atoms with Crippen molar-refractivity contribution in [2.75, 3.05) is 5.32 Å². The van der Waals surface area contributed by atoms with Gasteiger partial charge >= 0.3 is 6.18 Å². The third-order valence-electron chi connectivity index (χ3n) is 5.28. The summed E-state index contributed by atoms with van der Waals surface area (Å²) in [7, 11) is 1.63. The molecule has 0 saturated carbocycles. The van der Waals surface area contributed by atoms with Crippen LogP contribution in [-0.2, 0) is 12.6 Å². The molecule has 8 heteroatoms. The summed E-state index contributed by atoms with van der Waals surface area (Å²) in [4.78, 5) is 3.92. The summed E-state index contributed by atoms with van der Waals surface area (Å²) in [5, 5.41) is 22.2. The van der Waals surface area contributed by atoms with Crippen LogP contribution in [0.15, 0.2) is 73.2 Å². The number of pyridine rings is 1. The maximum atomic E-state index is 14.4. The van der Waals surface area contributed by atoms with Crippen molar-refractivity contribution in [1.82, 2.24) is 9.55 Å². The van der Waals surface area contributed by atoms with Crippen molar-refractivity contribution in [3.8, 4) is 0 Å². The predicted octanol–water partition coefficient (Wildman–Crippen LogP) is 5.11. The summed E-state index contributed by atoms with van der Waals surface area (Å²) < 4.78 is 44.6. The molecule has 2 aromatic carbocycles. The summed E-state index contributed by atoms with van der Waals surface area (Å²) in [5.74, 6) is 0. The lowest BCUT2D eigenvalue weighted by Crippen LogP contribution is -2.43. The Balaban J connectivity index is 1.88. The average molecular weight is 424 g/mol. The van der Waals surface area contributed by atoms with Crippen LogP contribution in [0.5, 0.6) is 0 Å². The van der Waals surface area contributed by atoms with E-state index in [1.54, 1.807) is 60.4 Å². The van der Waals surface area contributed by atoms with Crippen molar-refractivity contribution >= 4 is 28.5 Å². The van der Waals surface area contributed by atoms with E-state index in [-0.39, 0.29) is 16.7 Å². The highest BCUT2D eigenvalue weighted by molar-refractivity contribution is 5.89. The van der Waals surface area contributed by atoms with E-state index in [1.165, 1.54) is 24.4 Å². The zero-order valence-electron chi connectivity index (χ0n) is 16.5. The Morgan fingerprint density at radius 1 is 1.06 bits per heavy atom. The van der Waals surface area contributed by atoms with Crippen LogP contribution in [0.1, 0.15) is 16.7 Å². The van der Waals surface area contributed by atoms with Gasteiger partial charge in [0.15, 0.2) is 0 Å². The van der Waals surface area contributed by atoms with E-state index in [0.29, 0.717) is 22.3 Å². The fourth-order valence-electron chi connectivity index (χ4n) is 3.71. The molecule has 0 bridgehead atoms. The van der Waals surface area contributed by atoms with E-state index < -0.39 is 11.8 Å². The van der Waals surface area contributed by atoms with Crippen molar-refractivity contribution in [3.63, 3.8) is 0 Å². The van der Waals surface area contributed by atoms with Crippen LogP contribution in [0.4, 0.5) is 24.5 Å². The third kappa shape index (κ3) is 3.44. The molecule has 0 spiro atoms. The van der Waals surface area contributed by atoms with E-state index in [1.807, 2.05) is 0 Å². The van der Waals surface area contributed by atoms with Gasteiger partial charge in [-0.25, -0.2) is 0 Å². The minimum atomic E-state index is -4.99. The minimum Gasteiger partial charge on any atom is -0.372 e. The SMILES string of the molecule is Cn1cc(C(O)(c2ccc(Nc3ccncc3)c(C=N)c2)C(F)(F)F)c2ccccc21. The lowest BCUT2D eigenvalue weighted by atomic mass is 9.84. The van der Waals surface area contributed by atoms with Gasteiger partial charge in [-0.2, -0.15) is 13.2 Å². The van der Waals surface area contributed by atoms with Crippen LogP contribution in [0.25, 0.3) is 10.9 Å². The van der Waals surface area contributed by atoms with E-state index in [4.69, 9.17) is 5.41 Å². The molecule has 4 rings (SSSR count). The predicted molar refractivity (Wildman–Crippen MR) is 114 cm³/mol. The van der Waals surface area contributed by atoms with Gasteiger partial charge in [0, 0.05) is 65.3 Å². The quantitative estimate of drug-likeness (QED) is 0.390. The molecule has 2 heterocycles. The standard InChI is InChI=1S/C23H19F3N4O/c1-30-14-19(18-4-2-3-5-21(18)30)22(31,23(24,25)26)16-6-7-20(15(12-16)13-27)29-17-8-10-28-11-9-17/h2-14,27,31H,1H3,(H,28,29). The van der Waals surface area contributed by atoms with E-state index in [0.717, 1.165) is 6.21 Å². The summed E-state index contributed by atoms with van der Waals surface area (Å²) >= 11 is 0. The van der Waals surface area contributed by atoms with Crippen molar-refractivity contribution in [3.05, 3.63) is 89.9 Å². The smallest absolute Gasteiger partial charge is 0.372 e. The zero-order valence-corrected chi connectivity index (χ0v) is 16.5. The van der Waals surface area contributed by atoms with Crippen molar-refractivity contribution in [2.24, 2.45) is 7.05 Å². The minimum absolute atomic E-state index is 0.206. The van der Waals surface area contributed by atoms with Crippen LogP contribution in [-0.4, -0.2) is 27.0 Å². The number of alkyl halides is 3. The number of aryl methyl sites for hydroxylation is 1. The van der Waals surface area contributed by atoms with Gasteiger partial charge in [-0.3, -0.25) is 4.98 Å². The first-order valence-corrected chi connectivity index (χ1v) is 9.41. The molecular weight excluding hydrogens is 405 g/mol. The highest BCUT2D eigenvalue weighted by Crippen LogP contribution is 2.47. The molecule has 158 valence electrons. The Morgan fingerprint density at radius 2 is 1.77 bits per heavy atom. The van der Waals surface area contributed by atoms with Crippen molar-refractivity contribution in [1.29, 1.82) is 5.41 Å². The summed E-state index contributed by atoms with van der Waals surface area (Å²) in [6.45, 7) is 0. The second kappa shape index (κ2) is 7.55. The summed E-state index contributed by atoms with van der Waals surface area (Å²) in [6.07, 6.45) is 0.405. The highest BCUT2D eigenvalue weighted by atomic mass is 19.4. The van der Waals surface area contributed by atoms with Gasteiger partial charge in [0.05, 0.1) is 0 Å². The monoisotopic (exact) mass is 424 g/mol. The fourth-order valence-corrected chi connectivity index (χ4v) is 3.71. The first-order valence-electron chi connectivity index (χ1n) is 9.41. The number of rotatable bonds is 5. The Labute approximate surface area is 176 Å². The first-order chi connectivity index (χ1) is 14.8. The molecule has 1 unspecified atom stereocenters. The van der Waals surface area contributed by atoms with Gasteiger partial charge < -0.3 is 20.4 Å². The Kier molecular flexibility index (Phi) is 5.02. The van der Waals surface area contributed by atoms with E-state index in [2.05, 4.69) is 10.3 Å². The number of fused-ring (bicyclic) bond motifs is 1. The number of para-hydroxylation sites is 1. The van der Waals surface area contributed by atoms with Gasteiger partial charge in [0.25, 0.3) is 0 Å². The zero-order chi connectivity index (χ0) is 22.2. The topological polar surface area (TPSA) is 73.9 Å². The molecule has 5 nitrogen and oxygen atoms in total. The summed E-state index contributed by atoms with van der Waals surface area (Å²) in [5.41, 5.74) is -1.99. The Bertz CT molecular complexity index is 1250. The first kappa shape index (κ1) is 20.6. The molecule has 0 fully saturated rings. The van der Waals surface area contributed by atoms with E-state index >= 15 is 0 Å². The largest absolute Gasteiger partial charge is 0.425 e. The molecule has 3 N–H and O–H groups in total. The lowest BCUT2D eigenvalue weighted by molar-refractivity contribution is -0.247. The number of hydrogen-bond donors (Lipinski definition) is 3. The van der Waals surface area contributed by atoms with Crippen LogP contribution in [0.3, 0.4) is 0 Å². The van der Waals surface area contributed by atoms with Crippen LogP contribution >= 0.6 is 0 Å². The van der Waals surface area contributed by atoms with Gasteiger partial charge in [-0.15, -0.1) is 0 Å². The molecule has 0 saturated heterocycles. The Morgan fingerprint density at radius 3 is 2.45 bits per heavy atom. The number of benzene rings is 2. The molecule has 0 aliphatic rings. The number of aromatic nitrogens is 2. The number of hydrogen-bond acceptors (Lipinski definition) is 4. The second-order valence-electron chi connectivity index (χ2n) is 7.19. The Hall–Kier alpha value is -3.65. The number of anilines is 2. The fraction of sp³-hybridized carbons (Fsp3) is 0.130. The van der Waals surface area contributed by atoms with Gasteiger partial charge in [0.2, 0.25) is 5.60 Å². The van der Waals surface area contributed by atoms with Crippen LogP contribution in [0.2, 0.25) is 0 Å². The number of aliphatic hydroxyl groups is 1. The van der Waals surface area contributed by atoms with E-state index in [9.17, 15) is 18.3 Å². The second-order valence-corrected chi connectivity index (χ2v) is 7.19. The molecule has 0 amide bonds. The van der Waals surface area contributed by atoms with Crippen LogP contribution in [0, 0.1) is 5.41 Å². The third-order valence-corrected chi connectivity index (χ3v) is 5.28. The number of nitrogens with zero attached hydrogens (tertiary/aromatic N) is 2.